The summed E-state index contributed by atoms with van der Waals surface area (Å²) >= 11 is 5.96. The predicted molar refractivity (Wildman–Crippen MR) is 67.1 cm³/mol. The maximum absolute atomic E-state index is 11.6. The Balaban J connectivity index is 2.75. The second-order valence-corrected chi connectivity index (χ2v) is 4.48. The molecular weight excluding hydrogens is 226 g/mol. The fourth-order valence-electron chi connectivity index (χ4n) is 1.31. The number of anilines is 1. The maximum Gasteiger partial charge on any atom is 0.287 e. The third kappa shape index (κ3) is 3.23. The van der Waals surface area contributed by atoms with Gasteiger partial charge in [-0.2, -0.15) is 5.10 Å². The van der Waals surface area contributed by atoms with Crippen LogP contribution in [0.15, 0.2) is 11.0 Å². The van der Waals surface area contributed by atoms with E-state index in [1.807, 2.05) is 6.92 Å². The molecule has 4 nitrogen and oxygen atoms in total. The van der Waals surface area contributed by atoms with E-state index in [9.17, 15) is 4.79 Å². The number of aromatic nitrogens is 2. The van der Waals surface area contributed by atoms with E-state index in [4.69, 9.17) is 11.6 Å². The molecule has 0 aromatic carbocycles. The van der Waals surface area contributed by atoms with Crippen molar-refractivity contribution >= 4 is 17.3 Å². The number of halogens is 1. The molecule has 1 aromatic rings. The van der Waals surface area contributed by atoms with Gasteiger partial charge in [0, 0.05) is 13.1 Å². The second kappa shape index (κ2) is 5.89. The molecule has 0 radical (unpaired) electrons. The molecule has 1 heterocycles. The zero-order valence-corrected chi connectivity index (χ0v) is 10.7. The van der Waals surface area contributed by atoms with Crippen LogP contribution in [0.4, 0.5) is 5.69 Å². The third-order valence-corrected chi connectivity index (χ3v) is 2.69. The van der Waals surface area contributed by atoms with E-state index in [1.54, 1.807) is 6.20 Å². The normalized spacial score (nSPS) is 10.8. The summed E-state index contributed by atoms with van der Waals surface area (Å²) < 4.78 is 1.34. The average molecular weight is 244 g/mol. The van der Waals surface area contributed by atoms with Gasteiger partial charge in [0.25, 0.3) is 5.56 Å². The summed E-state index contributed by atoms with van der Waals surface area (Å²) in [5, 5.41) is 7.36. The number of aryl methyl sites for hydroxylation is 1. The molecule has 5 heteroatoms. The predicted octanol–water partition coefficient (Wildman–Crippen LogP) is 2.37. The lowest BCUT2D eigenvalue weighted by molar-refractivity contribution is 0.603. The van der Waals surface area contributed by atoms with Gasteiger partial charge in [-0.15, -0.1) is 0 Å². The number of hydrogen-bond donors (Lipinski definition) is 1. The third-order valence-electron chi connectivity index (χ3n) is 2.32. The molecule has 0 aliphatic rings. The van der Waals surface area contributed by atoms with Crippen LogP contribution in [0.1, 0.15) is 27.2 Å². The number of rotatable bonds is 5. The maximum atomic E-state index is 11.6. The molecule has 0 fully saturated rings. The molecule has 0 aliphatic carbocycles. The first-order valence-corrected chi connectivity index (χ1v) is 5.93. The second-order valence-electron chi connectivity index (χ2n) is 4.10. The Kier molecular flexibility index (Phi) is 4.80. The Morgan fingerprint density at radius 2 is 2.25 bits per heavy atom. The lowest BCUT2D eigenvalue weighted by atomic mass is 10.1. The van der Waals surface area contributed by atoms with E-state index in [-0.39, 0.29) is 10.6 Å². The molecule has 0 aliphatic heterocycles. The highest BCUT2D eigenvalue weighted by atomic mass is 35.5. The zero-order chi connectivity index (χ0) is 12.1. The Bertz CT molecular complexity index is 401. The van der Waals surface area contributed by atoms with Gasteiger partial charge in [-0.1, -0.05) is 25.4 Å². The lowest BCUT2D eigenvalue weighted by Crippen LogP contribution is -2.23. The van der Waals surface area contributed by atoms with E-state index in [1.165, 1.54) is 4.68 Å². The van der Waals surface area contributed by atoms with Crippen molar-refractivity contribution < 1.29 is 0 Å². The van der Waals surface area contributed by atoms with Crippen molar-refractivity contribution in [2.45, 2.75) is 33.7 Å². The van der Waals surface area contributed by atoms with Crippen LogP contribution in [-0.2, 0) is 6.54 Å². The summed E-state index contributed by atoms with van der Waals surface area (Å²) in [4.78, 5) is 11.6. The molecule has 0 bridgehead atoms. The fourth-order valence-corrected chi connectivity index (χ4v) is 1.52. The molecule has 0 spiro atoms. The highest BCUT2D eigenvalue weighted by molar-refractivity contribution is 6.32. The molecular formula is C11H18ClN3O. The van der Waals surface area contributed by atoms with Crippen molar-refractivity contribution in [3.05, 3.63) is 21.6 Å². The van der Waals surface area contributed by atoms with Gasteiger partial charge in [0.2, 0.25) is 0 Å². The summed E-state index contributed by atoms with van der Waals surface area (Å²) in [7, 11) is 0. The molecule has 1 rings (SSSR count). The Hall–Kier alpha value is -1.03. The van der Waals surface area contributed by atoms with Crippen LogP contribution in [0.25, 0.3) is 0 Å². The van der Waals surface area contributed by atoms with E-state index in [0.29, 0.717) is 18.2 Å². The monoisotopic (exact) mass is 243 g/mol. The van der Waals surface area contributed by atoms with Gasteiger partial charge in [0.05, 0.1) is 11.9 Å². The van der Waals surface area contributed by atoms with Crippen LogP contribution in [0.5, 0.6) is 0 Å². The molecule has 0 unspecified atom stereocenters. The molecule has 0 amide bonds. The molecule has 0 saturated heterocycles. The smallest absolute Gasteiger partial charge is 0.287 e. The van der Waals surface area contributed by atoms with Crippen molar-refractivity contribution in [3.8, 4) is 0 Å². The van der Waals surface area contributed by atoms with Gasteiger partial charge in [0.1, 0.15) is 5.02 Å². The molecule has 0 atom stereocenters. The highest BCUT2D eigenvalue weighted by Crippen LogP contribution is 2.15. The van der Waals surface area contributed by atoms with Gasteiger partial charge in [-0.25, -0.2) is 4.68 Å². The molecule has 1 aromatic heterocycles. The summed E-state index contributed by atoms with van der Waals surface area (Å²) in [6, 6.07) is 0. The minimum absolute atomic E-state index is 0.223. The Morgan fingerprint density at radius 1 is 1.56 bits per heavy atom. The first kappa shape index (κ1) is 13.0. The van der Waals surface area contributed by atoms with Gasteiger partial charge in [0.15, 0.2) is 0 Å². The number of nitrogens with zero attached hydrogens (tertiary/aromatic N) is 2. The topological polar surface area (TPSA) is 46.9 Å². The summed E-state index contributed by atoms with van der Waals surface area (Å²) in [5.41, 5.74) is 0.385. The zero-order valence-electron chi connectivity index (χ0n) is 9.96. The molecule has 0 saturated carbocycles. The summed E-state index contributed by atoms with van der Waals surface area (Å²) in [5.74, 6) is 0.621. The van der Waals surface area contributed by atoms with Gasteiger partial charge >= 0.3 is 0 Å². The van der Waals surface area contributed by atoms with Crippen LogP contribution in [0, 0.1) is 5.92 Å². The molecule has 1 N–H and O–H groups in total. The van der Waals surface area contributed by atoms with Crippen molar-refractivity contribution in [1.29, 1.82) is 0 Å². The quantitative estimate of drug-likeness (QED) is 0.864. The van der Waals surface area contributed by atoms with Crippen LogP contribution in [-0.4, -0.2) is 16.3 Å². The fraction of sp³-hybridized carbons (Fsp3) is 0.636. The van der Waals surface area contributed by atoms with Crippen molar-refractivity contribution in [1.82, 2.24) is 9.78 Å². The van der Waals surface area contributed by atoms with E-state index >= 15 is 0 Å². The van der Waals surface area contributed by atoms with Crippen LogP contribution >= 0.6 is 11.6 Å². The van der Waals surface area contributed by atoms with Crippen LogP contribution < -0.4 is 10.9 Å². The van der Waals surface area contributed by atoms with Crippen molar-refractivity contribution in [2.24, 2.45) is 5.92 Å². The van der Waals surface area contributed by atoms with Gasteiger partial charge < -0.3 is 5.32 Å². The van der Waals surface area contributed by atoms with Gasteiger partial charge in [-0.05, 0) is 19.3 Å². The van der Waals surface area contributed by atoms with Crippen LogP contribution in [0.3, 0.4) is 0 Å². The van der Waals surface area contributed by atoms with E-state index < -0.39 is 0 Å². The van der Waals surface area contributed by atoms with Gasteiger partial charge in [-0.3, -0.25) is 4.79 Å². The average Bonchev–Trinajstić information content (AvgIpc) is 2.24. The number of nitrogens with one attached hydrogen (secondary N) is 1. The van der Waals surface area contributed by atoms with E-state index in [0.717, 1.165) is 13.0 Å². The molecule has 16 heavy (non-hydrogen) atoms. The Labute approximate surface area is 101 Å². The summed E-state index contributed by atoms with van der Waals surface area (Å²) in [6.45, 7) is 7.49. The minimum atomic E-state index is -0.237. The first-order valence-electron chi connectivity index (χ1n) is 5.55. The lowest BCUT2D eigenvalue weighted by Gasteiger charge is -2.10. The molecule has 90 valence electrons. The highest BCUT2D eigenvalue weighted by Gasteiger charge is 2.07. The SMILES string of the molecule is CCn1ncc(NCCC(C)C)c(Cl)c1=O. The van der Waals surface area contributed by atoms with Crippen LogP contribution in [0.2, 0.25) is 5.02 Å². The standard InChI is InChI=1S/C11H18ClN3O/c1-4-15-11(16)10(12)9(7-14-15)13-6-5-8(2)3/h7-8,13H,4-6H2,1-3H3. The largest absolute Gasteiger partial charge is 0.382 e. The summed E-state index contributed by atoms with van der Waals surface area (Å²) in [6.07, 6.45) is 2.64. The van der Waals surface area contributed by atoms with E-state index in [2.05, 4.69) is 24.3 Å². The Morgan fingerprint density at radius 3 is 2.81 bits per heavy atom. The first-order chi connectivity index (χ1) is 7.56. The number of hydrogen-bond acceptors (Lipinski definition) is 3. The van der Waals surface area contributed by atoms with Crippen molar-refractivity contribution in [2.75, 3.05) is 11.9 Å². The van der Waals surface area contributed by atoms with Crippen molar-refractivity contribution in [3.63, 3.8) is 0 Å². The minimum Gasteiger partial charge on any atom is -0.382 e.